The molecule has 1 aromatic heterocycles. The molecule has 2 unspecified atom stereocenters. The molecule has 3 aromatic rings. The zero-order valence-electron chi connectivity index (χ0n) is 21.3. The molecule has 2 heterocycles. The Morgan fingerprint density at radius 2 is 1.50 bits per heavy atom. The van der Waals surface area contributed by atoms with Crippen molar-refractivity contribution in [2.45, 2.75) is 58.3 Å². The highest BCUT2D eigenvalue weighted by Crippen LogP contribution is 2.40. The highest BCUT2D eigenvalue weighted by Gasteiger charge is 2.41. The van der Waals surface area contributed by atoms with Crippen molar-refractivity contribution in [3.05, 3.63) is 93.9 Å². The molecule has 2 atom stereocenters. The first-order chi connectivity index (χ1) is 17.3. The molecular weight excluding hydrogens is 458 g/mol. The predicted molar refractivity (Wildman–Crippen MR) is 136 cm³/mol. The number of ether oxygens (including phenoxy) is 3. The van der Waals surface area contributed by atoms with Gasteiger partial charge in [0.25, 0.3) is 5.91 Å². The number of hydrogen-bond donors (Lipinski definition) is 0. The Kier molecular flexibility index (Phi) is 7.86. The Morgan fingerprint density at radius 3 is 2.00 bits per heavy atom. The van der Waals surface area contributed by atoms with E-state index in [1.165, 1.54) is 13.3 Å². The van der Waals surface area contributed by atoms with Gasteiger partial charge in [0.1, 0.15) is 0 Å². The van der Waals surface area contributed by atoms with Crippen molar-refractivity contribution in [1.82, 2.24) is 14.7 Å². The summed E-state index contributed by atoms with van der Waals surface area (Å²) < 4.78 is 18.4. The average molecular weight is 492 g/mol. The van der Waals surface area contributed by atoms with Gasteiger partial charge in [0.2, 0.25) is 11.2 Å². The Hall–Kier alpha value is -3.49. The monoisotopic (exact) mass is 491 g/mol. The van der Waals surface area contributed by atoms with Crippen LogP contribution in [0, 0.1) is 0 Å². The maximum atomic E-state index is 13.7. The lowest BCUT2D eigenvalue weighted by Crippen LogP contribution is -2.50. The van der Waals surface area contributed by atoms with Crippen LogP contribution in [0.2, 0.25) is 0 Å². The Morgan fingerprint density at radius 1 is 0.917 bits per heavy atom. The highest BCUT2D eigenvalue weighted by molar-refractivity contribution is 5.96. The number of hydrogen-bond acceptors (Lipinski definition) is 6. The van der Waals surface area contributed by atoms with E-state index in [-0.39, 0.29) is 41.5 Å². The zero-order chi connectivity index (χ0) is 25.8. The molecule has 0 bridgehead atoms. The minimum atomic E-state index is -1.15. The minimum absolute atomic E-state index is 0.0960. The second-order valence-electron chi connectivity index (χ2n) is 9.38. The maximum absolute atomic E-state index is 13.7. The van der Waals surface area contributed by atoms with Gasteiger partial charge in [-0.3, -0.25) is 14.3 Å². The summed E-state index contributed by atoms with van der Waals surface area (Å²) in [6.45, 7) is 6.85. The lowest BCUT2D eigenvalue weighted by atomic mass is 9.83. The van der Waals surface area contributed by atoms with Crippen LogP contribution < -0.4 is 10.2 Å². The van der Waals surface area contributed by atoms with Gasteiger partial charge in [0.05, 0.1) is 18.3 Å². The van der Waals surface area contributed by atoms with Gasteiger partial charge in [-0.25, -0.2) is 0 Å². The number of methoxy groups -OCH3 is 1. The van der Waals surface area contributed by atoms with Crippen LogP contribution >= 0.6 is 0 Å². The molecule has 4 rings (SSSR count). The normalized spacial score (nSPS) is 16.5. The van der Waals surface area contributed by atoms with Crippen LogP contribution in [0.3, 0.4) is 0 Å². The number of aromatic nitrogens is 2. The van der Waals surface area contributed by atoms with Gasteiger partial charge in [-0.15, -0.1) is 0 Å². The smallest absolute Gasteiger partial charge is 0.316 e. The third-order valence-corrected chi connectivity index (χ3v) is 6.24. The quantitative estimate of drug-likeness (QED) is 0.417. The molecule has 1 aliphatic rings. The van der Waals surface area contributed by atoms with Crippen molar-refractivity contribution in [3.63, 3.8) is 0 Å². The summed E-state index contributed by atoms with van der Waals surface area (Å²) in [5, 5.41) is 4.47. The number of carbonyl (C=O) groups excluding carboxylic acids is 1. The summed E-state index contributed by atoms with van der Waals surface area (Å²) in [5.74, 6) is -0.577. The molecule has 0 spiro atoms. The van der Waals surface area contributed by atoms with Gasteiger partial charge in [-0.1, -0.05) is 60.7 Å². The van der Waals surface area contributed by atoms with E-state index in [4.69, 9.17) is 14.2 Å². The van der Waals surface area contributed by atoms with Gasteiger partial charge in [0.15, 0.2) is 5.69 Å². The van der Waals surface area contributed by atoms with Crippen molar-refractivity contribution >= 4 is 5.91 Å². The highest BCUT2D eigenvalue weighted by atomic mass is 16.8. The molecule has 2 aromatic carbocycles. The van der Waals surface area contributed by atoms with Crippen LogP contribution in [0.4, 0.5) is 0 Å². The molecule has 1 amide bonds. The lowest BCUT2D eigenvalue weighted by molar-refractivity contribution is -0.249. The third-order valence-electron chi connectivity index (χ3n) is 6.24. The van der Waals surface area contributed by atoms with Crippen molar-refractivity contribution < 1.29 is 19.0 Å². The minimum Gasteiger partial charge on any atom is -0.434 e. The molecule has 8 nitrogen and oxygen atoms in total. The van der Waals surface area contributed by atoms with Gasteiger partial charge >= 0.3 is 6.48 Å². The topological polar surface area (TPSA) is 82.9 Å². The lowest BCUT2D eigenvalue weighted by Gasteiger charge is -2.41. The van der Waals surface area contributed by atoms with E-state index < -0.39 is 11.9 Å². The predicted octanol–water partition coefficient (Wildman–Crippen LogP) is 4.21. The van der Waals surface area contributed by atoms with Crippen molar-refractivity contribution in [2.24, 2.45) is 0 Å². The first-order valence-electron chi connectivity index (χ1n) is 12.2. The van der Waals surface area contributed by atoms with E-state index in [1.54, 1.807) is 9.58 Å². The van der Waals surface area contributed by atoms with Crippen LogP contribution in [0.15, 0.2) is 71.7 Å². The van der Waals surface area contributed by atoms with Crippen LogP contribution in [-0.4, -0.2) is 52.9 Å². The molecule has 190 valence electrons. The van der Waals surface area contributed by atoms with Crippen LogP contribution in [0.1, 0.15) is 61.3 Å². The average Bonchev–Trinajstić information content (AvgIpc) is 2.87. The Bertz CT molecular complexity index is 1190. The standard InChI is InChI=1S/C28H33N3O5/c1-18(2)30-17-22(24(20-12-8-6-9-13-20)21-14-10-7-11-15-21)31-25(27(30)33)26(23(32)16-29-31)36-28(34-5)35-19(3)4/h6-16,18-19,22,24,28H,17H2,1-5H3. The van der Waals surface area contributed by atoms with Crippen LogP contribution in [-0.2, 0) is 9.47 Å². The fraction of sp³-hybridized carbons (Fsp3) is 0.393. The fourth-order valence-electron chi connectivity index (χ4n) is 4.61. The molecule has 0 saturated carbocycles. The van der Waals surface area contributed by atoms with Crippen molar-refractivity contribution in [2.75, 3.05) is 13.7 Å². The summed E-state index contributed by atoms with van der Waals surface area (Å²) in [7, 11) is 1.42. The largest absolute Gasteiger partial charge is 0.434 e. The Balaban J connectivity index is 1.91. The van der Waals surface area contributed by atoms with Gasteiger partial charge < -0.3 is 19.1 Å². The molecule has 0 radical (unpaired) electrons. The fourth-order valence-corrected chi connectivity index (χ4v) is 4.61. The SMILES string of the molecule is COC(Oc1c2n(ncc1=O)C(C(c1ccccc1)c1ccccc1)CN(C(C)C)C2=O)OC(C)C. The van der Waals surface area contributed by atoms with Crippen LogP contribution in [0.25, 0.3) is 0 Å². The molecule has 1 aliphatic heterocycles. The van der Waals surface area contributed by atoms with Gasteiger partial charge in [-0.05, 0) is 38.8 Å². The number of fused-ring (bicyclic) bond motifs is 1. The van der Waals surface area contributed by atoms with Crippen molar-refractivity contribution in [3.8, 4) is 5.75 Å². The number of carbonyl (C=O) groups is 1. The summed E-state index contributed by atoms with van der Waals surface area (Å²) in [6.07, 6.45) is 0.978. The third kappa shape index (κ3) is 5.20. The van der Waals surface area contributed by atoms with E-state index >= 15 is 0 Å². The molecule has 0 aliphatic carbocycles. The second kappa shape index (κ2) is 11.1. The van der Waals surface area contributed by atoms with E-state index in [9.17, 15) is 9.59 Å². The summed E-state index contributed by atoms with van der Waals surface area (Å²) >= 11 is 0. The summed E-state index contributed by atoms with van der Waals surface area (Å²) in [5.41, 5.74) is 1.75. The summed E-state index contributed by atoms with van der Waals surface area (Å²) in [4.78, 5) is 28.5. The molecule has 8 heteroatoms. The number of rotatable bonds is 9. The van der Waals surface area contributed by atoms with Crippen LogP contribution in [0.5, 0.6) is 5.75 Å². The van der Waals surface area contributed by atoms with E-state index in [0.29, 0.717) is 6.54 Å². The molecular formula is C28H33N3O5. The molecule has 0 fully saturated rings. The second-order valence-corrected chi connectivity index (χ2v) is 9.38. The molecule has 0 N–H and O–H groups in total. The molecule has 0 saturated heterocycles. The van der Waals surface area contributed by atoms with E-state index in [2.05, 4.69) is 29.4 Å². The first kappa shape index (κ1) is 25.6. The van der Waals surface area contributed by atoms with E-state index in [0.717, 1.165) is 11.1 Å². The number of benzene rings is 2. The summed E-state index contributed by atoms with van der Waals surface area (Å²) in [6, 6.07) is 19.9. The zero-order valence-corrected chi connectivity index (χ0v) is 21.3. The van der Waals surface area contributed by atoms with Crippen molar-refractivity contribution in [1.29, 1.82) is 0 Å². The molecule has 36 heavy (non-hydrogen) atoms. The maximum Gasteiger partial charge on any atom is 0.316 e. The first-order valence-corrected chi connectivity index (χ1v) is 12.2. The number of nitrogens with zero attached hydrogens (tertiary/aromatic N) is 3. The van der Waals surface area contributed by atoms with Gasteiger partial charge in [-0.2, -0.15) is 5.10 Å². The van der Waals surface area contributed by atoms with E-state index in [1.807, 2.05) is 64.1 Å². The number of amides is 1. The van der Waals surface area contributed by atoms with Gasteiger partial charge in [0, 0.05) is 25.6 Å². The Labute approximate surface area is 211 Å².